The van der Waals surface area contributed by atoms with Crippen LogP contribution in [0.2, 0.25) is 5.02 Å². The molecule has 3 nitrogen and oxygen atoms in total. The van der Waals surface area contributed by atoms with Crippen molar-refractivity contribution in [1.82, 2.24) is 4.90 Å². The van der Waals surface area contributed by atoms with E-state index in [2.05, 4.69) is 5.32 Å². The van der Waals surface area contributed by atoms with Crippen LogP contribution in [-0.2, 0) is 17.5 Å². The summed E-state index contributed by atoms with van der Waals surface area (Å²) in [6.07, 6.45) is -4.46. The van der Waals surface area contributed by atoms with E-state index in [4.69, 9.17) is 11.6 Å². The first-order valence-electron chi connectivity index (χ1n) is 7.16. The van der Waals surface area contributed by atoms with Crippen LogP contribution in [0.25, 0.3) is 0 Å². The van der Waals surface area contributed by atoms with Crippen LogP contribution in [-0.4, -0.2) is 24.4 Å². The summed E-state index contributed by atoms with van der Waals surface area (Å²) < 4.78 is 38.2. The second kappa shape index (κ2) is 7.57. The summed E-state index contributed by atoms with van der Waals surface area (Å²) in [5.74, 6) is -0.257. The number of rotatable bonds is 5. The molecule has 128 valence electrons. The number of benzene rings is 2. The molecular weight excluding hydrogens is 341 g/mol. The van der Waals surface area contributed by atoms with Crippen LogP contribution in [0.4, 0.5) is 18.9 Å². The van der Waals surface area contributed by atoms with Gasteiger partial charge in [-0.1, -0.05) is 41.9 Å². The molecule has 0 saturated heterocycles. The Kier molecular flexibility index (Phi) is 5.72. The number of anilines is 1. The van der Waals surface area contributed by atoms with E-state index >= 15 is 0 Å². The number of hydrogen-bond donors (Lipinski definition) is 1. The zero-order valence-electron chi connectivity index (χ0n) is 12.9. The van der Waals surface area contributed by atoms with Gasteiger partial charge < -0.3 is 10.2 Å². The molecule has 2 aromatic rings. The maximum absolute atomic E-state index is 12.7. The van der Waals surface area contributed by atoms with Crippen LogP contribution in [0.15, 0.2) is 48.5 Å². The fourth-order valence-electron chi connectivity index (χ4n) is 2.09. The van der Waals surface area contributed by atoms with Crippen molar-refractivity contribution >= 4 is 23.2 Å². The Morgan fingerprint density at radius 3 is 2.46 bits per heavy atom. The minimum Gasteiger partial charge on any atom is -0.375 e. The van der Waals surface area contributed by atoms with E-state index in [1.54, 1.807) is 7.05 Å². The summed E-state index contributed by atoms with van der Waals surface area (Å²) >= 11 is 5.88. The SMILES string of the molecule is CN(Cc1ccccc1)C(=O)CNc1cc(C(F)(F)F)ccc1Cl. The van der Waals surface area contributed by atoms with Gasteiger partial charge in [0, 0.05) is 13.6 Å². The first-order chi connectivity index (χ1) is 11.3. The molecular formula is C17H16ClF3N2O. The van der Waals surface area contributed by atoms with Crippen LogP contribution >= 0.6 is 11.6 Å². The zero-order chi connectivity index (χ0) is 17.7. The number of likely N-dealkylation sites (N-methyl/N-ethyl adjacent to an activating group) is 1. The van der Waals surface area contributed by atoms with Crippen molar-refractivity contribution in [2.75, 3.05) is 18.9 Å². The van der Waals surface area contributed by atoms with Crippen molar-refractivity contribution in [3.8, 4) is 0 Å². The molecule has 2 rings (SSSR count). The molecule has 0 atom stereocenters. The van der Waals surface area contributed by atoms with Gasteiger partial charge in [-0.15, -0.1) is 0 Å². The standard InChI is InChI=1S/C17H16ClF3N2O/c1-23(11-12-5-3-2-4-6-12)16(24)10-22-15-9-13(17(19,20)21)7-8-14(15)18/h2-9,22H,10-11H2,1H3. The van der Waals surface area contributed by atoms with Crippen molar-refractivity contribution in [3.63, 3.8) is 0 Å². The Morgan fingerprint density at radius 2 is 1.83 bits per heavy atom. The number of nitrogens with zero attached hydrogens (tertiary/aromatic N) is 1. The molecule has 2 aromatic carbocycles. The number of carbonyl (C=O) groups excluding carboxylic acids is 1. The van der Waals surface area contributed by atoms with Gasteiger partial charge in [-0.3, -0.25) is 4.79 Å². The summed E-state index contributed by atoms with van der Waals surface area (Å²) in [4.78, 5) is 13.6. The molecule has 0 aromatic heterocycles. The Labute approximate surface area is 143 Å². The molecule has 0 bridgehead atoms. The molecule has 0 heterocycles. The number of halogens is 4. The Bertz CT molecular complexity index is 705. The summed E-state index contributed by atoms with van der Waals surface area (Å²) in [5.41, 5.74) is 0.220. The molecule has 0 radical (unpaired) electrons. The van der Waals surface area contributed by atoms with Gasteiger partial charge in [0.1, 0.15) is 0 Å². The average molecular weight is 357 g/mol. The fourth-order valence-corrected chi connectivity index (χ4v) is 2.27. The lowest BCUT2D eigenvalue weighted by molar-refractivity contribution is -0.137. The van der Waals surface area contributed by atoms with Crippen LogP contribution in [0.1, 0.15) is 11.1 Å². The largest absolute Gasteiger partial charge is 0.416 e. The van der Waals surface area contributed by atoms with Crippen LogP contribution in [0.5, 0.6) is 0 Å². The van der Waals surface area contributed by atoms with Crippen LogP contribution < -0.4 is 5.32 Å². The molecule has 0 fully saturated rings. The second-order valence-corrected chi connectivity index (χ2v) is 5.69. The van der Waals surface area contributed by atoms with Crippen LogP contribution in [0.3, 0.4) is 0 Å². The lowest BCUT2D eigenvalue weighted by Crippen LogP contribution is -2.31. The lowest BCUT2D eigenvalue weighted by atomic mass is 10.2. The van der Waals surface area contributed by atoms with Crippen molar-refractivity contribution in [1.29, 1.82) is 0 Å². The smallest absolute Gasteiger partial charge is 0.375 e. The molecule has 0 saturated carbocycles. The lowest BCUT2D eigenvalue weighted by Gasteiger charge is -2.18. The van der Waals surface area contributed by atoms with E-state index in [1.165, 1.54) is 4.90 Å². The summed E-state index contributed by atoms with van der Waals surface area (Å²) in [6.45, 7) is 0.266. The van der Waals surface area contributed by atoms with E-state index in [0.29, 0.717) is 6.54 Å². The Morgan fingerprint density at radius 1 is 1.17 bits per heavy atom. The first-order valence-corrected chi connectivity index (χ1v) is 7.53. The Hall–Kier alpha value is -2.21. The minimum atomic E-state index is -4.46. The number of nitrogens with one attached hydrogen (secondary N) is 1. The number of carbonyl (C=O) groups is 1. The van der Waals surface area contributed by atoms with Gasteiger partial charge in [0.25, 0.3) is 0 Å². The number of amides is 1. The summed E-state index contributed by atoms with van der Waals surface area (Å²) in [7, 11) is 1.63. The highest BCUT2D eigenvalue weighted by molar-refractivity contribution is 6.33. The predicted octanol–water partition coefficient (Wildman–Crippen LogP) is 4.43. The molecule has 24 heavy (non-hydrogen) atoms. The average Bonchev–Trinajstić information content (AvgIpc) is 2.53. The molecule has 0 aliphatic rings. The topological polar surface area (TPSA) is 32.3 Å². The van der Waals surface area contributed by atoms with Crippen molar-refractivity contribution in [2.24, 2.45) is 0 Å². The summed E-state index contributed by atoms with van der Waals surface area (Å²) in [5, 5.41) is 2.80. The minimum absolute atomic E-state index is 0.0768. The highest BCUT2D eigenvalue weighted by Gasteiger charge is 2.31. The van der Waals surface area contributed by atoms with Gasteiger partial charge in [0.2, 0.25) is 5.91 Å². The van der Waals surface area contributed by atoms with Crippen LogP contribution in [0, 0.1) is 0 Å². The molecule has 0 spiro atoms. The molecule has 0 aliphatic carbocycles. The maximum Gasteiger partial charge on any atom is 0.416 e. The monoisotopic (exact) mass is 356 g/mol. The Balaban J connectivity index is 1.98. The number of alkyl halides is 3. The fraction of sp³-hybridized carbons (Fsp3) is 0.235. The second-order valence-electron chi connectivity index (χ2n) is 5.28. The number of hydrogen-bond acceptors (Lipinski definition) is 2. The molecule has 1 N–H and O–H groups in total. The highest BCUT2D eigenvalue weighted by Crippen LogP contribution is 2.33. The third-order valence-corrected chi connectivity index (χ3v) is 3.74. The van der Waals surface area contributed by atoms with E-state index in [-0.39, 0.29) is 23.2 Å². The molecule has 0 unspecified atom stereocenters. The van der Waals surface area contributed by atoms with Crippen molar-refractivity contribution in [3.05, 3.63) is 64.7 Å². The maximum atomic E-state index is 12.7. The summed E-state index contributed by atoms with van der Waals surface area (Å²) in [6, 6.07) is 12.3. The van der Waals surface area contributed by atoms with Crippen molar-refractivity contribution < 1.29 is 18.0 Å². The van der Waals surface area contributed by atoms with Gasteiger partial charge in [0.15, 0.2) is 0 Å². The third-order valence-electron chi connectivity index (χ3n) is 3.41. The van der Waals surface area contributed by atoms with Crippen molar-refractivity contribution in [2.45, 2.75) is 12.7 Å². The first kappa shape index (κ1) is 18.1. The van der Waals surface area contributed by atoms with Gasteiger partial charge in [-0.25, -0.2) is 0 Å². The zero-order valence-corrected chi connectivity index (χ0v) is 13.7. The van der Waals surface area contributed by atoms with E-state index in [0.717, 1.165) is 23.8 Å². The molecule has 1 amide bonds. The van der Waals surface area contributed by atoms with Gasteiger partial charge in [0.05, 0.1) is 22.8 Å². The molecule has 7 heteroatoms. The van der Waals surface area contributed by atoms with Gasteiger partial charge >= 0.3 is 6.18 Å². The van der Waals surface area contributed by atoms with E-state index in [1.807, 2.05) is 30.3 Å². The van der Waals surface area contributed by atoms with Gasteiger partial charge in [-0.2, -0.15) is 13.2 Å². The predicted molar refractivity (Wildman–Crippen MR) is 87.9 cm³/mol. The third kappa shape index (κ3) is 4.89. The molecule has 0 aliphatic heterocycles. The van der Waals surface area contributed by atoms with E-state index < -0.39 is 11.7 Å². The van der Waals surface area contributed by atoms with E-state index in [9.17, 15) is 18.0 Å². The highest BCUT2D eigenvalue weighted by atomic mass is 35.5. The normalized spacial score (nSPS) is 11.2. The van der Waals surface area contributed by atoms with Gasteiger partial charge in [-0.05, 0) is 23.8 Å². The quantitative estimate of drug-likeness (QED) is 0.859.